The third-order valence-electron chi connectivity index (χ3n) is 4.10. The molecule has 31 heavy (non-hydrogen) atoms. The standard InChI is InChI=1S/C17H15ClN6OS.C3H7NO/c18-12-6-7-14-15(10-12)23(8-9-25)16(19-14)11-26-17-20-21-22-24(17)13-4-2-1-3-5-13;1-4(2)3-5/h1-7,10,25H,8-9,11H2;3H,1-2H3. The maximum atomic E-state index is 9.43. The summed E-state index contributed by atoms with van der Waals surface area (Å²) in [6.45, 7) is 0.480. The smallest absolute Gasteiger partial charge is 0.214 e. The first-order chi connectivity index (χ1) is 15.0. The summed E-state index contributed by atoms with van der Waals surface area (Å²) >= 11 is 7.60. The molecule has 0 aliphatic heterocycles. The van der Waals surface area contributed by atoms with E-state index >= 15 is 0 Å². The van der Waals surface area contributed by atoms with Crippen LogP contribution in [0.5, 0.6) is 0 Å². The molecule has 0 atom stereocenters. The van der Waals surface area contributed by atoms with E-state index in [4.69, 9.17) is 11.6 Å². The Hall–Kier alpha value is -2.95. The van der Waals surface area contributed by atoms with Gasteiger partial charge in [-0.15, -0.1) is 5.10 Å². The van der Waals surface area contributed by atoms with Crippen LogP contribution in [0.25, 0.3) is 16.7 Å². The van der Waals surface area contributed by atoms with Crippen molar-refractivity contribution < 1.29 is 9.90 Å². The summed E-state index contributed by atoms with van der Waals surface area (Å²) in [6.07, 6.45) is 0.750. The lowest BCUT2D eigenvalue weighted by molar-refractivity contribution is -0.115. The monoisotopic (exact) mass is 459 g/mol. The van der Waals surface area contributed by atoms with Crippen LogP contribution >= 0.6 is 23.4 Å². The number of aliphatic hydroxyl groups is 1. The summed E-state index contributed by atoms with van der Waals surface area (Å²) in [5, 5.41) is 22.7. The second-order valence-corrected chi connectivity index (χ2v) is 7.98. The van der Waals surface area contributed by atoms with Gasteiger partial charge in [-0.25, -0.2) is 4.98 Å². The number of nitrogens with zero attached hydrogens (tertiary/aromatic N) is 7. The highest BCUT2D eigenvalue weighted by Crippen LogP contribution is 2.26. The fourth-order valence-corrected chi connectivity index (χ4v) is 3.74. The third kappa shape index (κ3) is 5.81. The van der Waals surface area contributed by atoms with E-state index in [9.17, 15) is 9.90 Å². The number of imidazole rings is 1. The van der Waals surface area contributed by atoms with Gasteiger partial charge in [-0.1, -0.05) is 41.6 Å². The van der Waals surface area contributed by atoms with Crippen LogP contribution in [-0.2, 0) is 17.1 Å². The van der Waals surface area contributed by atoms with E-state index in [0.29, 0.717) is 22.5 Å². The van der Waals surface area contributed by atoms with Gasteiger partial charge in [0.1, 0.15) is 5.82 Å². The number of tetrazole rings is 1. The van der Waals surface area contributed by atoms with Crippen LogP contribution < -0.4 is 0 Å². The van der Waals surface area contributed by atoms with E-state index < -0.39 is 0 Å². The number of halogens is 1. The Morgan fingerprint density at radius 1 is 1.19 bits per heavy atom. The molecule has 0 fully saturated rings. The molecule has 2 aromatic carbocycles. The van der Waals surface area contributed by atoms with Gasteiger partial charge in [-0.3, -0.25) is 4.79 Å². The molecule has 0 spiro atoms. The number of benzene rings is 2. The zero-order chi connectivity index (χ0) is 22.2. The van der Waals surface area contributed by atoms with Crippen molar-refractivity contribution >= 4 is 40.8 Å². The summed E-state index contributed by atoms with van der Waals surface area (Å²) in [4.78, 5) is 15.5. The molecule has 1 N–H and O–H groups in total. The summed E-state index contributed by atoms with van der Waals surface area (Å²) < 4.78 is 3.67. The number of carbonyl (C=O) groups excluding carboxylic acids is 1. The lowest BCUT2D eigenvalue weighted by Crippen LogP contribution is -2.06. The third-order valence-corrected chi connectivity index (χ3v) is 5.25. The van der Waals surface area contributed by atoms with Gasteiger partial charge in [0.05, 0.1) is 29.1 Å². The molecule has 0 bridgehead atoms. The van der Waals surface area contributed by atoms with Crippen molar-refractivity contribution in [1.82, 2.24) is 34.7 Å². The average molecular weight is 460 g/mol. The van der Waals surface area contributed by atoms with Crippen LogP contribution in [0, 0.1) is 0 Å². The van der Waals surface area contributed by atoms with Gasteiger partial charge in [-0.2, -0.15) is 4.68 Å². The molecule has 4 aromatic rings. The second kappa shape index (κ2) is 10.9. The molecule has 0 aliphatic carbocycles. The molecular formula is C20H22ClN7O2S. The van der Waals surface area contributed by atoms with Crippen molar-refractivity contribution in [1.29, 1.82) is 0 Å². The fourth-order valence-electron chi connectivity index (χ4n) is 2.73. The molecule has 0 aliphatic rings. The lowest BCUT2D eigenvalue weighted by Gasteiger charge is -2.07. The molecule has 0 saturated carbocycles. The number of carbonyl (C=O) groups is 1. The van der Waals surface area contributed by atoms with Gasteiger partial charge in [0.15, 0.2) is 0 Å². The SMILES string of the molecule is CN(C)C=O.OCCn1c(CSc2nnnn2-c2ccccc2)nc2ccc(Cl)cc21. The van der Waals surface area contributed by atoms with Gasteiger partial charge in [0.25, 0.3) is 0 Å². The zero-order valence-electron chi connectivity index (χ0n) is 17.1. The topological polar surface area (TPSA) is 102 Å². The second-order valence-electron chi connectivity index (χ2n) is 6.60. The van der Waals surface area contributed by atoms with Crippen molar-refractivity contribution in [3.63, 3.8) is 0 Å². The van der Waals surface area contributed by atoms with Gasteiger partial charge in [0.2, 0.25) is 11.6 Å². The van der Waals surface area contributed by atoms with Crippen LogP contribution in [0.2, 0.25) is 5.02 Å². The van der Waals surface area contributed by atoms with Crippen LogP contribution in [0.15, 0.2) is 53.7 Å². The Balaban J connectivity index is 0.000000491. The molecule has 2 heterocycles. The number of amides is 1. The van der Waals surface area contributed by atoms with Gasteiger partial charge < -0.3 is 14.6 Å². The van der Waals surface area contributed by atoms with E-state index in [1.165, 1.54) is 16.7 Å². The number of rotatable bonds is 7. The first-order valence-corrected chi connectivity index (χ1v) is 10.7. The Morgan fingerprint density at radius 2 is 1.94 bits per heavy atom. The van der Waals surface area contributed by atoms with E-state index in [-0.39, 0.29) is 6.61 Å². The lowest BCUT2D eigenvalue weighted by atomic mass is 10.3. The van der Waals surface area contributed by atoms with E-state index in [1.807, 2.05) is 53.1 Å². The van der Waals surface area contributed by atoms with Gasteiger partial charge in [-0.05, 0) is 40.8 Å². The molecule has 0 unspecified atom stereocenters. The molecule has 0 saturated heterocycles. The number of hydrogen-bond acceptors (Lipinski definition) is 7. The summed E-state index contributed by atoms with van der Waals surface area (Å²) in [5.74, 6) is 1.41. The molecule has 162 valence electrons. The first kappa shape index (κ1) is 22.7. The Bertz CT molecular complexity index is 1130. The number of para-hydroxylation sites is 1. The highest BCUT2D eigenvalue weighted by Gasteiger charge is 2.14. The number of hydrogen-bond donors (Lipinski definition) is 1. The zero-order valence-corrected chi connectivity index (χ0v) is 18.7. The number of aromatic nitrogens is 6. The normalized spacial score (nSPS) is 10.6. The predicted octanol–water partition coefficient (Wildman–Crippen LogP) is 2.65. The molecule has 1 amide bonds. The maximum Gasteiger partial charge on any atom is 0.214 e. The Morgan fingerprint density at radius 3 is 2.61 bits per heavy atom. The summed E-state index contributed by atoms with van der Waals surface area (Å²) in [6, 6.07) is 15.3. The minimum atomic E-state index is 0.0252. The number of fused-ring (bicyclic) bond motifs is 1. The van der Waals surface area contributed by atoms with Crippen LogP contribution in [0.3, 0.4) is 0 Å². The van der Waals surface area contributed by atoms with E-state index in [1.54, 1.807) is 18.8 Å². The van der Waals surface area contributed by atoms with Crippen molar-refractivity contribution in [3.8, 4) is 5.69 Å². The van der Waals surface area contributed by atoms with Crippen molar-refractivity contribution in [2.45, 2.75) is 17.5 Å². The van der Waals surface area contributed by atoms with Gasteiger partial charge in [0, 0.05) is 25.7 Å². The number of thioether (sulfide) groups is 1. The minimum Gasteiger partial charge on any atom is -0.395 e. The van der Waals surface area contributed by atoms with Crippen molar-refractivity contribution in [2.75, 3.05) is 20.7 Å². The molecule has 9 nitrogen and oxygen atoms in total. The van der Waals surface area contributed by atoms with E-state index in [0.717, 1.165) is 29.0 Å². The number of aliphatic hydroxyl groups excluding tert-OH is 1. The average Bonchev–Trinajstić information content (AvgIpc) is 3.38. The largest absolute Gasteiger partial charge is 0.395 e. The quantitative estimate of drug-likeness (QED) is 0.335. The molecule has 11 heteroatoms. The van der Waals surface area contributed by atoms with E-state index in [2.05, 4.69) is 20.5 Å². The highest BCUT2D eigenvalue weighted by atomic mass is 35.5. The Labute approximate surface area is 188 Å². The van der Waals surface area contributed by atoms with Crippen LogP contribution in [0.4, 0.5) is 0 Å². The van der Waals surface area contributed by atoms with Crippen LogP contribution in [-0.4, -0.2) is 66.9 Å². The molecule has 0 radical (unpaired) electrons. The first-order valence-electron chi connectivity index (χ1n) is 9.37. The highest BCUT2D eigenvalue weighted by molar-refractivity contribution is 7.98. The fraction of sp³-hybridized carbons (Fsp3) is 0.250. The molecule has 2 aromatic heterocycles. The molecule has 4 rings (SSSR count). The minimum absolute atomic E-state index is 0.0252. The van der Waals surface area contributed by atoms with Crippen molar-refractivity contribution in [3.05, 3.63) is 59.4 Å². The predicted molar refractivity (Wildman–Crippen MR) is 120 cm³/mol. The van der Waals surface area contributed by atoms with Crippen LogP contribution in [0.1, 0.15) is 5.82 Å². The van der Waals surface area contributed by atoms with Gasteiger partial charge >= 0.3 is 0 Å². The summed E-state index contributed by atoms with van der Waals surface area (Å²) in [7, 11) is 3.38. The Kier molecular flexibility index (Phi) is 7.99. The molecular weight excluding hydrogens is 438 g/mol. The van der Waals surface area contributed by atoms with Crippen molar-refractivity contribution in [2.24, 2.45) is 0 Å². The maximum absolute atomic E-state index is 9.43. The summed E-state index contributed by atoms with van der Waals surface area (Å²) in [5.41, 5.74) is 2.65.